The number of rotatable bonds is 4. The van der Waals surface area contributed by atoms with Crippen molar-refractivity contribution in [3.8, 4) is 5.75 Å². The standard InChI is InChI=1S/C20H18FN3O5S/c1-3-28-18(25)16-17-14-10-13(24(26)27)8-9-15(14)29-20(16,2)23(19(30)22-17)12-6-4-11(21)5-7-12/h4-10,16-17H,3H2,1-2H3,(H,22,30). The molecular weight excluding hydrogens is 413 g/mol. The Kier molecular flexibility index (Phi) is 4.81. The van der Waals surface area contributed by atoms with Crippen LogP contribution >= 0.6 is 12.2 Å². The number of nitrogens with zero attached hydrogens (tertiary/aromatic N) is 2. The summed E-state index contributed by atoms with van der Waals surface area (Å²) in [6, 6.07) is 9.15. The van der Waals surface area contributed by atoms with Gasteiger partial charge >= 0.3 is 5.97 Å². The molecule has 0 saturated carbocycles. The number of nitro benzene ring substituents is 1. The fraction of sp³-hybridized carbons (Fsp3) is 0.300. The number of ether oxygens (including phenoxy) is 2. The highest BCUT2D eigenvalue weighted by Crippen LogP contribution is 2.50. The van der Waals surface area contributed by atoms with E-state index in [-0.39, 0.29) is 17.4 Å². The minimum Gasteiger partial charge on any atom is -0.466 e. The first-order valence-electron chi connectivity index (χ1n) is 9.26. The van der Waals surface area contributed by atoms with Gasteiger partial charge < -0.3 is 14.8 Å². The summed E-state index contributed by atoms with van der Waals surface area (Å²) >= 11 is 5.54. The Hall–Kier alpha value is -3.27. The second-order valence-corrected chi connectivity index (χ2v) is 7.49. The Labute approximate surface area is 176 Å². The van der Waals surface area contributed by atoms with Gasteiger partial charge in [-0.15, -0.1) is 0 Å². The first-order chi connectivity index (χ1) is 14.3. The van der Waals surface area contributed by atoms with E-state index in [4.69, 9.17) is 21.7 Å². The summed E-state index contributed by atoms with van der Waals surface area (Å²) in [5.74, 6) is -1.47. The van der Waals surface area contributed by atoms with Gasteiger partial charge in [-0.1, -0.05) is 0 Å². The topological polar surface area (TPSA) is 93.9 Å². The molecule has 8 nitrogen and oxygen atoms in total. The summed E-state index contributed by atoms with van der Waals surface area (Å²) in [5, 5.41) is 14.6. The van der Waals surface area contributed by atoms with Crippen molar-refractivity contribution in [2.75, 3.05) is 11.5 Å². The Balaban J connectivity index is 1.89. The molecule has 156 valence electrons. The van der Waals surface area contributed by atoms with Crippen LogP contribution in [0, 0.1) is 21.8 Å². The number of hydrogen-bond acceptors (Lipinski definition) is 6. The Morgan fingerprint density at radius 1 is 1.37 bits per heavy atom. The predicted octanol–water partition coefficient (Wildman–Crippen LogP) is 3.46. The molecule has 2 bridgehead atoms. The molecule has 2 aliphatic rings. The quantitative estimate of drug-likeness (QED) is 0.341. The molecule has 0 amide bonds. The lowest BCUT2D eigenvalue weighted by atomic mass is 9.79. The third-order valence-corrected chi connectivity index (χ3v) is 5.62. The maximum absolute atomic E-state index is 13.5. The smallest absolute Gasteiger partial charge is 0.317 e. The van der Waals surface area contributed by atoms with Gasteiger partial charge in [0.15, 0.2) is 5.11 Å². The van der Waals surface area contributed by atoms with E-state index in [1.54, 1.807) is 18.7 Å². The number of esters is 1. The number of fused-ring (bicyclic) bond motifs is 4. The van der Waals surface area contributed by atoms with Crippen LogP contribution < -0.4 is 15.0 Å². The van der Waals surface area contributed by atoms with E-state index in [9.17, 15) is 19.3 Å². The van der Waals surface area contributed by atoms with E-state index in [2.05, 4.69) is 5.32 Å². The normalized spacial score (nSPS) is 24.4. The van der Waals surface area contributed by atoms with Crippen molar-refractivity contribution < 1.29 is 23.6 Å². The van der Waals surface area contributed by atoms with Gasteiger partial charge in [-0.05, 0) is 56.4 Å². The number of nitro groups is 1. The first kappa shape index (κ1) is 20.0. The van der Waals surface area contributed by atoms with Crippen LogP contribution in [0.25, 0.3) is 0 Å². The molecule has 2 heterocycles. The zero-order chi connectivity index (χ0) is 21.6. The summed E-state index contributed by atoms with van der Waals surface area (Å²) in [4.78, 5) is 25.3. The number of hydrogen-bond donors (Lipinski definition) is 1. The number of halogens is 1. The molecule has 2 aromatic rings. The summed E-state index contributed by atoms with van der Waals surface area (Å²) in [6.45, 7) is 3.54. The molecule has 1 N–H and O–H groups in total. The van der Waals surface area contributed by atoms with Crippen LogP contribution in [0.3, 0.4) is 0 Å². The molecular formula is C20H18FN3O5S. The fourth-order valence-corrected chi connectivity index (χ4v) is 4.47. The van der Waals surface area contributed by atoms with Crippen LogP contribution in [-0.4, -0.2) is 28.3 Å². The molecule has 1 fully saturated rings. The van der Waals surface area contributed by atoms with Crippen molar-refractivity contribution in [1.29, 1.82) is 0 Å². The second kappa shape index (κ2) is 7.21. The van der Waals surface area contributed by atoms with Crippen LogP contribution in [0.2, 0.25) is 0 Å². The summed E-state index contributed by atoms with van der Waals surface area (Å²) in [6.07, 6.45) is 0. The van der Waals surface area contributed by atoms with Crippen molar-refractivity contribution in [3.63, 3.8) is 0 Å². The fourth-order valence-electron chi connectivity index (χ4n) is 4.06. The predicted molar refractivity (Wildman–Crippen MR) is 110 cm³/mol. The number of anilines is 1. The van der Waals surface area contributed by atoms with Crippen LogP contribution in [0.15, 0.2) is 42.5 Å². The lowest BCUT2D eigenvalue weighted by Gasteiger charge is -2.55. The van der Waals surface area contributed by atoms with Gasteiger partial charge in [-0.2, -0.15) is 0 Å². The summed E-state index contributed by atoms with van der Waals surface area (Å²) in [7, 11) is 0. The number of carbonyl (C=O) groups excluding carboxylic acids is 1. The number of non-ortho nitro benzene ring substituents is 1. The molecule has 2 aliphatic heterocycles. The minimum absolute atomic E-state index is 0.128. The van der Waals surface area contributed by atoms with Gasteiger partial charge in [0.25, 0.3) is 5.69 Å². The van der Waals surface area contributed by atoms with E-state index in [1.807, 2.05) is 0 Å². The number of nitrogens with one attached hydrogen (secondary N) is 1. The third-order valence-electron chi connectivity index (χ3n) is 5.32. The van der Waals surface area contributed by atoms with Crippen LogP contribution in [0.4, 0.5) is 15.8 Å². The average molecular weight is 431 g/mol. The van der Waals surface area contributed by atoms with Gasteiger partial charge in [0, 0.05) is 23.4 Å². The van der Waals surface area contributed by atoms with E-state index in [0.717, 1.165) is 0 Å². The first-order valence-corrected chi connectivity index (χ1v) is 9.67. The maximum atomic E-state index is 13.5. The molecule has 0 aliphatic carbocycles. The van der Waals surface area contributed by atoms with E-state index >= 15 is 0 Å². The summed E-state index contributed by atoms with van der Waals surface area (Å²) < 4.78 is 25.0. The highest BCUT2D eigenvalue weighted by Gasteiger charge is 2.60. The van der Waals surface area contributed by atoms with Crippen molar-refractivity contribution >= 4 is 34.7 Å². The highest BCUT2D eigenvalue weighted by molar-refractivity contribution is 7.80. The third kappa shape index (κ3) is 3.04. The molecule has 30 heavy (non-hydrogen) atoms. The number of carbonyl (C=O) groups is 1. The van der Waals surface area contributed by atoms with Crippen LogP contribution in [0.5, 0.6) is 5.75 Å². The maximum Gasteiger partial charge on any atom is 0.317 e. The molecule has 0 spiro atoms. The van der Waals surface area contributed by atoms with Gasteiger partial charge in [0.05, 0.1) is 17.6 Å². The van der Waals surface area contributed by atoms with Gasteiger partial charge in [-0.25, -0.2) is 4.39 Å². The Bertz CT molecular complexity index is 1050. The van der Waals surface area contributed by atoms with E-state index in [1.165, 1.54) is 42.5 Å². The van der Waals surface area contributed by atoms with Gasteiger partial charge in [0.1, 0.15) is 17.5 Å². The lowest BCUT2D eigenvalue weighted by molar-refractivity contribution is -0.385. The molecule has 0 aromatic heterocycles. The molecule has 1 saturated heterocycles. The minimum atomic E-state index is -1.31. The molecule has 4 rings (SSSR count). The second-order valence-electron chi connectivity index (χ2n) is 7.10. The highest BCUT2D eigenvalue weighted by atomic mass is 32.1. The van der Waals surface area contributed by atoms with Crippen LogP contribution in [-0.2, 0) is 9.53 Å². The van der Waals surface area contributed by atoms with E-state index < -0.39 is 34.4 Å². The lowest BCUT2D eigenvalue weighted by Crippen LogP contribution is -2.71. The number of benzene rings is 2. The van der Waals surface area contributed by atoms with Crippen molar-refractivity contribution in [3.05, 3.63) is 64.0 Å². The van der Waals surface area contributed by atoms with Gasteiger partial charge in [0.2, 0.25) is 5.72 Å². The Morgan fingerprint density at radius 3 is 2.70 bits per heavy atom. The number of thiocarbonyl (C=S) groups is 1. The molecule has 0 radical (unpaired) electrons. The molecule has 3 unspecified atom stereocenters. The summed E-state index contributed by atoms with van der Waals surface area (Å²) in [5.41, 5.74) is -0.465. The largest absolute Gasteiger partial charge is 0.466 e. The van der Waals surface area contributed by atoms with Gasteiger partial charge in [-0.3, -0.25) is 19.8 Å². The Morgan fingerprint density at radius 2 is 2.07 bits per heavy atom. The van der Waals surface area contributed by atoms with E-state index in [0.29, 0.717) is 17.0 Å². The molecule has 2 aromatic carbocycles. The van der Waals surface area contributed by atoms with Crippen molar-refractivity contribution in [2.24, 2.45) is 5.92 Å². The SMILES string of the molecule is CCOC(=O)C1C2NC(=S)N(c3ccc(F)cc3)C1(C)Oc1ccc([N+](=O)[O-])cc12. The van der Waals surface area contributed by atoms with Crippen molar-refractivity contribution in [1.82, 2.24) is 5.32 Å². The van der Waals surface area contributed by atoms with Crippen molar-refractivity contribution in [2.45, 2.75) is 25.6 Å². The molecule has 10 heteroatoms. The van der Waals surface area contributed by atoms with Crippen LogP contribution in [0.1, 0.15) is 25.5 Å². The monoisotopic (exact) mass is 431 g/mol. The zero-order valence-corrected chi connectivity index (χ0v) is 16.9. The average Bonchev–Trinajstić information content (AvgIpc) is 2.68. The molecule has 3 atom stereocenters. The zero-order valence-electron chi connectivity index (χ0n) is 16.1.